The van der Waals surface area contributed by atoms with Gasteiger partial charge in [0.1, 0.15) is 0 Å². The first-order chi connectivity index (χ1) is 8.88. The minimum Gasteiger partial charge on any atom is -0.378 e. The van der Waals surface area contributed by atoms with E-state index in [4.69, 9.17) is 16.3 Å². The second-order valence-corrected chi connectivity index (χ2v) is 5.23. The molecule has 0 spiro atoms. The van der Waals surface area contributed by atoms with E-state index >= 15 is 0 Å². The molecule has 100 valence electrons. The zero-order valence-corrected chi connectivity index (χ0v) is 11.5. The van der Waals surface area contributed by atoms with Crippen molar-refractivity contribution in [1.82, 2.24) is 5.32 Å². The Bertz CT molecular complexity index is 325. The Hall–Kier alpha value is -0.570. The molecule has 0 amide bonds. The summed E-state index contributed by atoms with van der Waals surface area (Å²) in [5, 5.41) is 3.53. The molecule has 2 nitrogen and oxygen atoms in total. The van der Waals surface area contributed by atoms with Crippen molar-refractivity contribution in [2.45, 2.75) is 37.8 Å². The van der Waals surface area contributed by atoms with E-state index in [0.29, 0.717) is 18.0 Å². The second kappa shape index (κ2) is 7.78. The van der Waals surface area contributed by atoms with Gasteiger partial charge in [0.05, 0.1) is 6.10 Å². The molecule has 0 aromatic heterocycles. The lowest BCUT2D eigenvalue weighted by Crippen LogP contribution is -2.34. The number of hydrogen-bond acceptors (Lipinski definition) is 2. The van der Waals surface area contributed by atoms with Crippen LogP contribution in [0.2, 0.25) is 0 Å². The zero-order chi connectivity index (χ0) is 12.6. The number of rotatable bonds is 7. The quantitative estimate of drug-likeness (QED) is 0.767. The van der Waals surface area contributed by atoms with Crippen LogP contribution in [-0.2, 0) is 11.2 Å². The van der Waals surface area contributed by atoms with Gasteiger partial charge in [-0.3, -0.25) is 0 Å². The Morgan fingerprint density at radius 3 is 2.83 bits per heavy atom. The molecule has 1 saturated heterocycles. The van der Waals surface area contributed by atoms with Gasteiger partial charge in [0.15, 0.2) is 0 Å². The van der Waals surface area contributed by atoms with Gasteiger partial charge in [0.2, 0.25) is 0 Å². The second-order valence-electron chi connectivity index (χ2n) is 4.92. The smallest absolute Gasteiger partial charge is 0.0588 e. The third-order valence-corrected chi connectivity index (χ3v) is 3.81. The number of hydrogen-bond donors (Lipinski definition) is 1. The predicted molar refractivity (Wildman–Crippen MR) is 76.2 cm³/mol. The van der Waals surface area contributed by atoms with E-state index in [1.54, 1.807) is 0 Å². The molecule has 1 aromatic rings. The predicted octanol–water partition coefficient (Wildman–Crippen LogP) is 3.00. The first kappa shape index (κ1) is 13.9. The molecule has 0 saturated carbocycles. The lowest BCUT2D eigenvalue weighted by Gasteiger charge is -2.17. The molecular formula is C15H22ClNO. The van der Waals surface area contributed by atoms with Crippen molar-refractivity contribution in [2.75, 3.05) is 19.0 Å². The van der Waals surface area contributed by atoms with E-state index in [9.17, 15) is 0 Å². The van der Waals surface area contributed by atoms with Crippen LogP contribution in [0.25, 0.3) is 0 Å². The van der Waals surface area contributed by atoms with Crippen LogP contribution in [0.4, 0.5) is 0 Å². The standard InChI is InChI=1S/C15H22ClNO/c16-12-14(11-13-5-2-1-3-6-13)17-9-8-15-7-4-10-18-15/h1-3,5-6,14-15,17H,4,7-12H2. The maximum atomic E-state index is 6.02. The molecular weight excluding hydrogens is 246 g/mol. The summed E-state index contributed by atoms with van der Waals surface area (Å²) in [5.41, 5.74) is 1.34. The number of alkyl halides is 1. The molecule has 3 heteroatoms. The molecule has 0 radical (unpaired) electrons. The Kier molecular flexibility index (Phi) is 5.98. The highest BCUT2D eigenvalue weighted by Gasteiger charge is 2.15. The van der Waals surface area contributed by atoms with E-state index < -0.39 is 0 Å². The molecule has 1 heterocycles. The third-order valence-electron chi connectivity index (χ3n) is 3.43. The van der Waals surface area contributed by atoms with Crippen LogP contribution in [0, 0.1) is 0 Å². The number of benzene rings is 1. The largest absolute Gasteiger partial charge is 0.378 e. The van der Waals surface area contributed by atoms with Crippen LogP contribution in [0.5, 0.6) is 0 Å². The van der Waals surface area contributed by atoms with Gasteiger partial charge in [-0.15, -0.1) is 11.6 Å². The molecule has 2 atom stereocenters. The Labute approximate surface area is 115 Å². The minimum atomic E-state index is 0.357. The highest BCUT2D eigenvalue weighted by Crippen LogP contribution is 2.14. The Balaban J connectivity index is 1.68. The summed E-state index contributed by atoms with van der Waals surface area (Å²) in [6, 6.07) is 10.9. The Morgan fingerprint density at radius 1 is 1.33 bits per heavy atom. The average molecular weight is 268 g/mol. The van der Waals surface area contributed by atoms with Crippen LogP contribution >= 0.6 is 11.6 Å². The topological polar surface area (TPSA) is 21.3 Å². The summed E-state index contributed by atoms with van der Waals surface area (Å²) in [4.78, 5) is 0. The SMILES string of the molecule is ClCC(Cc1ccccc1)NCCC1CCCO1. The summed E-state index contributed by atoms with van der Waals surface area (Å²) in [7, 11) is 0. The van der Waals surface area contributed by atoms with Crippen molar-refractivity contribution in [3.05, 3.63) is 35.9 Å². The van der Waals surface area contributed by atoms with Crippen LogP contribution in [0.15, 0.2) is 30.3 Å². The van der Waals surface area contributed by atoms with E-state index in [2.05, 4.69) is 29.6 Å². The first-order valence-corrected chi connectivity index (χ1v) is 7.37. The molecule has 1 aliphatic heterocycles. The number of ether oxygens (including phenoxy) is 1. The number of nitrogens with one attached hydrogen (secondary N) is 1. The molecule has 18 heavy (non-hydrogen) atoms. The van der Waals surface area contributed by atoms with E-state index in [-0.39, 0.29) is 0 Å². The van der Waals surface area contributed by atoms with Crippen molar-refractivity contribution in [3.8, 4) is 0 Å². The van der Waals surface area contributed by atoms with Crippen LogP contribution in [0.3, 0.4) is 0 Å². The first-order valence-electron chi connectivity index (χ1n) is 6.83. The minimum absolute atomic E-state index is 0.357. The van der Waals surface area contributed by atoms with Crippen molar-refractivity contribution >= 4 is 11.6 Å². The van der Waals surface area contributed by atoms with Crippen LogP contribution in [0.1, 0.15) is 24.8 Å². The van der Waals surface area contributed by atoms with Crippen LogP contribution in [-0.4, -0.2) is 31.2 Å². The summed E-state index contributed by atoms with van der Waals surface area (Å²) in [5.74, 6) is 0.653. The monoisotopic (exact) mass is 267 g/mol. The maximum absolute atomic E-state index is 6.02. The van der Waals surface area contributed by atoms with E-state index in [1.807, 2.05) is 6.07 Å². The summed E-state index contributed by atoms with van der Waals surface area (Å²) < 4.78 is 5.61. The Morgan fingerprint density at radius 2 is 2.17 bits per heavy atom. The van der Waals surface area contributed by atoms with Crippen molar-refractivity contribution in [2.24, 2.45) is 0 Å². The van der Waals surface area contributed by atoms with Crippen LogP contribution < -0.4 is 5.32 Å². The third kappa shape index (κ3) is 4.60. The fourth-order valence-electron chi connectivity index (χ4n) is 2.40. The van der Waals surface area contributed by atoms with Gasteiger partial charge in [0.25, 0.3) is 0 Å². The van der Waals surface area contributed by atoms with Gasteiger partial charge < -0.3 is 10.1 Å². The zero-order valence-electron chi connectivity index (χ0n) is 10.8. The summed E-state index contributed by atoms with van der Waals surface area (Å²) in [6.45, 7) is 1.93. The molecule has 1 N–H and O–H groups in total. The van der Waals surface area contributed by atoms with Crippen molar-refractivity contribution in [3.63, 3.8) is 0 Å². The average Bonchev–Trinajstić information content (AvgIpc) is 2.92. The molecule has 2 rings (SSSR count). The molecule has 1 aliphatic rings. The number of halogens is 1. The molecule has 0 bridgehead atoms. The van der Waals surface area contributed by atoms with Gasteiger partial charge in [0, 0.05) is 18.5 Å². The fourth-order valence-corrected chi connectivity index (χ4v) is 2.62. The van der Waals surface area contributed by atoms with Crippen molar-refractivity contribution < 1.29 is 4.74 Å². The van der Waals surface area contributed by atoms with Gasteiger partial charge >= 0.3 is 0 Å². The molecule has 1 fully saturated rings. The van der Waals surface area contributed by atoms with Crippen molar-refractivity contribution in [1.29, 1.82) is 0 Å². The summed E-state index contributed by atoms with van der Waals surface area (Å²) >= 11 is 6.02. The van der Waals surface area contributed by atoms with Gasteiger partial charge in [-0.2, -0.15) is 0 Å². The molecule has 0 aliphatic carbocycles. The van der Waals surface area contributed by atoms with E-state index in [1.165, 1.54) is 18.4 Å². The lowest BCUT2D eigenvalue weighted by molar-refractivity contribution is 0.103. The van der Waals surface area contributed by atoms with E-state index in [0.717, 1.165) is 26.0 Å². The highest BCUT2D eigenvalue weighted by molar-refractivity contribution is 6.18. The van der Waals surface area contributed by atoms with Gasteiger partial charge in [-0.1, -0.05) is 30.3 Å². The fraction of sp³-hybridized carbons (Fsp3) is 0.600. The normalized spacial score (nSPS) is 21.1. The molecule has 2 unspecified atom stereocenters. The summed E-state index contributed by atoms with van der Waals surface area (Å²) in [6.07, 6.45) is 4.99. The maximum Gasteiger partial charge on any atom is 0.0588 e. The lowest BCUT2D eigenvalue weighted by atomic mass is 10.1. The highest BCUT2D eigenvalue weighted by atomic mass is 35.5. The molecule has 1 aromatic carbocycles. The van der Waals surface area contributed by atoms with Gasteiger partial charge in [-0.05, 0) is 37.8 Å². The van der Waals surface area contributed by atoms with Gasteiger partial charge in [-0.25, -0.2) is 0 Å².